The number of carbonyl (C=O) groups excluding carboxylic acids is 2. The van der Waals surface area contributed by atoms with E-state index in [2.05, 4.69) is 0 Å². The van der Waals surface area contributed by atoms with Crippen LogP contribution in [0, 0.1) is 3.57 Å². The third-order valence-electron chi connectivity index (χ3n) is 4.05. The Morgan fingerprint density at radius 2 is 2.07 bits per heavy atom. The molecule has 0 aliphatic carbocycles. The summed E-state index contributed by atoms with van der Waals surface area (Å²) in [5.41, 5.74) is 6.05. The Hall–Kier alpha value is -1.42. The van der Waals surface area contributed by atoms with Gasteiger partial charge in [-0.2, -0.15) is 0 Å². The van der Waals surface area contributed by atoms with Gasteiger partial charge >= 0.3 is 12.1 Å². The van der Waals surface area contributed by atoms with Crippen molar-refractivity contribution in [3.05, 3.63) is 20.2 Å². The average Bonchev–Trinajstić information content (AvgIpc) is 3.05. The Kier molecular flexibility index (Phi) is 7.07. The van der Waals surface area contributed by atoms with Crippen molar-refractivity contribution in [1.29, 1.82) is 0 Å². The SMILES string of the molecule is COC(=O)c1cc(OCC2CCCN2C(=O)OC(C)(C)C)c(N)c(I)c1Cl. The summed E-state index contributed by atoms with van der Waals surface area (Å²) in [5, 5.41) is 0.226. The normalized spacial score (nSPS) is 17.0. The number of nitrogens with two attached hydrogens (primary N) is 1. The van der Waals surface area contributed by atoms with Crippen molar-refractivity contribution < 1.29 is 23.8 Å². The number of benzene rings is 1. The summed E-state index contributed by atoms with van der Waals surface area (Å²) in [5.74, 6) is -0.237. The van der Waals surface area contributed by atoms with E-state index in [9.17, 15) is 9.59 Å². The maximum absolute atomic E-state index is 12.4. The summed E-state index contributed by atoms with van der Waals surface area (Å²) in [6, 6.07) is 1.34. The first-order valence-corrected chi connectivity index (χ1v) is 9.99. The Morgan fingerprint density at radius 3 is 2.67 bits per heavy atom. The Bertz CT molecular complexity index is 735. The molecule has 1 heterocycles. The zero-order chi connectivity index (χ0) is 20.4. The number of likely N-dealkylation sites (tertiary alicyclic amines) is 1. The first-order valence-electron chi connectivity index (χ1n) is 8.53. The van der Waals surface area contributed by atoms with Crippen LogP contribution in [-0.4, -0.2) is 48.9 Å². The number of nitrogen functional groups attached to an aromatic ring is 1. The van der Waals surface area contributed by atoms with Crippen molar-refractivity contribution in [2.24, 2.45) is 0 Å². The van der Waals surface area contributed by atoms with Crippen LogP contribution >= 0.6 is 34.2 Å². The minimum absolute atomic E-state index is 0.130. The quantitative estimate of drug-likeness (QED) is 0.373. The Labute approximate surface area is 177 Å². The number of hydrogen-bond acceptors (Lipinski definition) is 6. The number of ether oxygens (including phenoxy) is 3. The average molecular weight is 511 g/mol. The standard InChI is InChI=1S/C18H24ClIN2O5/c1-18(2,3)27-17(24)22-7-5-6-10(22)9-26-12-8-11(16(23)25-4)13(19)14(20)15(12)21/h8,10H,5-7,9,21H2,1-4H3. The van der Waals surface area contributed by atoms with Crippen molar-refractivity contribution in [3.8, 4) is 5.75 Å². The molecule has 1 amide bonds. The highest BCUT2D eigenvalue weighted by Gasteiger charge is 2.33. The highest BCUT2D eigenvalue weighted by Crippen LogP contribution is 2.36. The van der Waals surface area contributed by atoms with Crippen molar-refractivity contribution >= 4 is 51.9 Å². The van der Waals surface area contributed by atoms with Crippen molar-refractivity contribution in [2.45, 2.75) is 45.3 Å². The van der Waals surface area contributed by atoms with E-state index in [4.69, 9.17) is 31.5 Å². The maximum Gasteiger partial charge on any atom is 0.410 e. The van der Waals surface area contributed by atoms with Gasteiger partial charge in [0, 0.05) is 6.54 Å². The minimum Gasteiger partial charge on any atom is -0.489 e. The van der Waals surface area contributed by atoms with Gasteiger partial charge in [-0.25, -0.2) is 9.59 Å². The van der Waals surface area contributed by atoms with E-state index in [0.717, 1.165) is 12.8 Å². The molecule has 0 aromatic heterocycles. The topological polar surface area (TPSA) is 91.1 Å². The summed E-state index contributed by atoms with van der Waals surface area (Å²) in [6.07, 6.45) is 1.31. The molecule has 0 spiro atoms. The van der Waals surface area contributed by atoms with E-state index in [-0.39, 0.29) is 29.3 Å². The summed E-state index contributed by atoms with van der Waals surface area (Å²) in [6.45, 7) is 6.34. The lowest BCUT2D eigenvalue weighted by Crippen LogP contribution is -2.42. The molecule has 0 saturated carbocycles. The summed E-state index contributed by atoms with van der Waals surface area (Å²) < 4.78 is 16.6. The van der Waals surface area contributed by atoms with E-state index in [0.29, 0.717) is 21.6 Å². The molecule has 1 saturated heterocycles. The second-order valence-electron chi connectivity index (χ2n) is 7.24. The Morgan fingerprint density at radius 1 is 1.41 bits per heavy atom. The number of nitrogens with zero attached hydrogens (tertiary/aromatic N) is 1. The zero-order valence-corrected chi connectivity index (χ0v) is 18.7. The lowest BCUT2D eigenvalue weighted by atomic mass is 10.2. The van der Waals surface area contributed by atoms with Gasteiger partial charge in [-0.15, -0.1) is 0 Å². The van der Waals surface area contributed by atoms with Gasteiger partial charge in [-0.05, 0) is 62.3 Å². The van der Waals surface area contributed by atoms with Gasteiger partial charge in [0.15, 0.2) is 0 Å². The van der Waals surface area contributed by atoms with Crippen LogP contribution in [0.3, 0.4) is 0 Å². The van der Waals surface area contributed by atoms with Gasteiger partial charge in [0.05, 0.1) is 33.0 Å². The van der Waals surface area contributed by atoms with Gasteiger partial charge in [-0.1, -0.05) is 11.6 Å². The fourth-order valence-corrected chi connectivity index (χ4v) is 3.54. The van der Waals surface area contributed by atoms with Crippen LogP contribution < -0.4 is 10.5 Å². The smallest absolute Gasteiger partial charge is 0.410 e. The molecular formula is C18H24ClIN2O5. The molecule has 2 N–H and O–H groups in total. The van der Waals surface area contributed by atoms with Crippen LogP contribution in [0.2, 0.25) is 5.02 Å². The number of methoxy groups -OCH3 is 1. The lowest BCUT2D eigenvalue weighted by molar-refractivity contribution is 0.0188. The fourth-order valence-electron chi connectivity index (χ4n) is 2.75. The second kappa shape index (κ2) is 8.72. The minimum atomic E-state index is -0.570. The number of anilines is 1. The molecule has 9 heteroatoms. The molecule has 1 fully saturated rings. The van der Waals surface area contributed by atoms with E-state index >= 15 is 0 Å². The molecule has 150 valence electrons. The molecule has 27 heavy (non-hydrogen) atoms. The summed E-state index contributed by atoms with van der Waals surface area (Å²) >= 11 is 8.14. The van der Waals surface area contributed by atoms with Gasteiger partial charge in [0.25, 0.3) is 0 Å². The number of halogens is 2. The van der Waals surface area contributed by atoms with Crippen LogP contribution in [-0.2, 0) is 9.47 Å². The monoisotopic (exact) mass is 510 g/mol. The van der Waals surface area contributed by atoms with Crippen LogP contribution in [0.1, 0.15) is 44.0 Å². The van der Waals surface area contributed by atoms with E-state index < -0.39 is 11.6 Å². The predicted molar refractivity (Wildman–Crippen MR) is 111 cm³/mol. The van der Waals surface area contributed by atoms with Crippen LogP contribution in [0.4, 0.5) is 10.5 Å². The van der Waals surface area contributed by atoms with Crippen LogP contribution in [0.25, 0.3) is 0 Å². The van der Waals surface area contributed by atoms with E-state index in [1.807, 2.05) is 43.4 Å². The van der Waals surface area contributed by atoms with Crippen LogP contribution in [0.15, 0.2) is 6.07 Å². The van der Waals surface area contributed by atoms with Gasteiger partial charge < -0.3 is 24.8 Å². The molecule has 2 rings (SSSR count). The molecule has 7 nitrogen and oxygen atoms in total. The van der Waals surface area contributed by atoms with Gasteiger partial charge in [0.1, 0.15) is 18.0 Å². The number of rotatable bonds is 4. The van der Waals surface area contributed by atoms with Crippen molar-refractivity contribution in [3.63, 3.8) is 0 Å². The molecule has 0 bridgehead atoms. The molecule has 1 aliphatic rings. The number of hydrogen-bond donors (Lipinski definition) is 1. The zero-order valence-electron chi connectivity index (χ0n) is 15.8. The summed E-state index contributed by atoms with van der Waals surface area (Å²) in [7, 11) is 1.28. The number of carbonyl (C=O) groups is 2. The highest BCUT2D eigenvalue weighted by molar-refractivity contribution is 14.1. The number of esters is 1. The molecule has 1 aromatic carbocycles. The second-order valence-corrected chi connectivity index (χ2v) is 8.69. The molecular weight excluding hydrogens is 487 g/mol. The molecule has 1 unspecified atom stereocenters. The Balaban J connectivity index is 2.15. The molecule has 1 aliphatic heterocycles. The van der Waals surface area contributed by atoms with E-state index in [1.54, 1.807) is 4.90 Å². The van der Waals surface area contributed by atoms with Gasteiger partial charge in [0.2, 0.25) is 0 Å². The molecule has 1 aromatic rings. The third-order valence-corrected chi connectivity index (χ3v) is 5.88. The first kappa shape index (κ1) is 21.9. The molecule has 1 atom stereocenters. The van der Waals surface area contributed by atoms with Gasteiger partial charge in [-0.3, -0.25) is 0 Å². The predicted octanol–water partition coefficient (Wildman–Crippen LogP) is 4.09. The number of amides is 1. The highest BCUT2D eigenvalue weighted by atomic mass is 127. The largest absolute Gasteiger partial charge is 0.489 e. The lowest BCUT2D eigenvalue weighted by Gasteiger charge is -2.28. The van der Waals surface area contributed by atoms with Crippen LogP contribution in [0.5, 0.6) is 5.75 Å². The summed E-state index contributed by atoms with van der Waals surface area (Å²) in [4.78, 5) is 26.0. The van der Waals surface area contributed by atoms with Crippen molar-refractivity contribution in [1.82, 2.24) is 4.90 Å². The first-order chi connectivity index (χ1) is 12.5. The molecule has 0 radical (unpaired) electrons. The van der Waals surface area contributed by atoms with Crippen molar-refractivity contribution in [2.75, 3.05) is 26.0 Å². The third kappa shape index (κ3) is 5.31. The van der Waals surface area contributed by atoms with E-state index in [1.165, 1.54) is 13.2 Å². The fraction of sp³-hybridized carbons (Fsp3) is 0.556. The maximum atomic E-state index is 12.4.